The Morgan fingerprint density at radius 3 is 2.35 bits per heavy atom. The minimum atomic E-state index is -0.234. The number of hydrogen-bond acceptors (Lipinski definition) is 5. The summed E-state index contributed by atoms with van der Waals surface area (Å²) >= 11 is 0. The van der Waals surface area contributed by atoms with E-state index in [0.29, 0.717) is 23.7 Å². The number of anilines is 1. The van der Waals surface area contributed by atoms with Crippen LogP contribution >= 0.6 is 0 Å². The lowest BCUT2D eigenvalue weighted by Crippen LogP contribution is -2.42. The normalized spacial score (nSPS) is 17.2. The monoisotopic (exact) mass is 454 g/mol. The zero-order valence-corrected chi connectivity index (χ0v) is 19.4. The molecule has 0 saturated heterocycles. The molecule has 0 unspecified atom stereocenters. The molecule has 0 N–H and O–H groups in total. The summed E-state index contributed by atoms with van der Waals surface area (Å²) in [6.45, 7) is 2.05. The number of carbonyl (C=O) groups excluding carboxylic acids is 1. The van der Waals surface area contributed by atoms with E-state index in [1.807, 2.05) is 28.9 Å². The van der Waals surface area contributed by atoms with Crippen LogP contribution in [0.3, 0.4) is 0 Å². The van der Waals surface area contributed by atoms with Gasteiger partial charge in [-0.2, -0.15) is 10.1 Å². The molecular formula is C27H26N4O3. The number of aromatic nitrogens is 3. The minimum absolute atomic E-state index is 0.138. The van der Waals surface area contributed by atoms with Crippen LogP contribution in [0.5, 0.6) is 11.5 Å². The van der Waals surface area contributed by atoms with Gasteiger partial charge in [0.15, 0.2) is 0 Å². The third kappa shape index (κ3) is 3.79. The van der Waals surface area contributed by atoms with Crippen LogP contribution < -0.4 is 14.4 Å². The van der Waals surface area contributed by atoms with Crippen LogP contribution in [0.1, 0.15) is 45.6 Å². The fourth-order valence-corrected chi connectivity index (χ4v) is 4.57. The first-order valence-corrected chi connectivity index (χ1v) is 11.2. The van der Waals surface area contributed by atoms with E-state index in [4.69, 9.17) is 9.47 Å². The van der Waals surface area contributed by atoms with E-state index in [1.165, 1.54) is 6.33 Å². The highest BCUT2D eigenvalue weighted by Crippen LogP contribution is 2.44. The van der Waals surface area contributed by atoms with Crippen molar-refractivity contribution in [2.45, 2.75) is 25.4 Å². The van der Waals surface area contributed by atoms with Crippen molar-refractivity contribution >= 4 is 11.9 Å². The highest BCUT2D eigenvalue weighted by atomic mass is 16.5. The number of nitrogens with zero attached hydrogens (tertiary/aromatic N) is 4. The number of ether oxygens (including phenoxy) is 2. The molecule has 172 valence electrons. The third-order valence-electron chi connectivity index (χ3n) is 6.34. The van der Waals surface area contributed by atoms with E-state index in [0.717, 1.165) is 22.4 Å². The van der Waals surface area contributed by atoms with Crippen molar-refractivity contribution in [3.8, 4) is 11.5 Å². The van der Waals surface area contributed by atoms with E-state index in [9.17, 15) is 4.79 Å². The molecule has 1 amide bonds. The summed E-state index contributed by atoms with van der Waals surface area (Å²) in [5.41, 5.74) is 3.77. The Morgan fingerprint density at radius 2 is 1.65 bits per heavy atom. The fourth-order valence-electron chi connectivity index (χ4n) is 4.57. The number of para-hydroxylation sites is 1. The van der Waals surface area contributed by atoms with Gasteiger partial charge in [-0.1, -0.05) is 48.0 Å². The molecule has 0 bridgehead atoms. The number of carbonyl (C=O) groups is 1. The number of rotatable bonds is 5. The number of hydrogen-bond donors (Lipinski definition) is 0. The van der Waals surface area contributed by atoms with Gasteiger partial charge in [0.25, 0.3) is 5.91 Å². The van der Waals surface area contributed by atoms with Gasteiger partial charge in [-0.3, -0.25) is 9.69 Å². The topological polar surface area (TPSA) is 69.5 Å². The molecule has 7 nitrogen and oxygen atoms in total. The van der Waals surface area contributed by atoms with Crippen molar-refractivity contribution in [3.63, 3.8) is 0 Å². The summed E-state index contributed by atoms with van der Waals surface area (Å²) < 4.78 is 12.7. The second-order valence-electron chi connectivity index (χ2n) is 8.33. The molecule has 7 heteroatoms. The maximum absolute atomic E-state index is 13.9. The quantitative estimate of drug-likeness (QED) is 0.425. The number of methoxy groups -OCH3 is 2. The summed E-state index contributed by atoms with van der Waals surface area (Å²) in [6.07, 6.45) is 2.13. The van der Waals surface area contributed by atoms with Gasteiger partial charge in [-0.25, -0.2) is 4.68 Å². The predicted molar refractivity (Wildman–Crippen MR) is 129 cm³/mol. The van der Waals surface area contributed by atoms with Gasteiger partial charge >= 0.3 is 0 Å². The van der Waals surface area contributed by atoms with Gasteiger partial charge in [0.1, 0.15) is 17.8 Å². The molecular weight excluding hydrogens is 428 g/mol. The first kappa shape index (κ1) is 21.7. The number of amides is 1. The van der Waals surface area contributed by atoms with E-state index in [2.05, 4.69) is 41.3 Å². The third-order valence-corrected chi connectivity index (χ3v) is 6.34. The lowest BCUT2D eigenvalue weighted by molar-refractivity contribution is 0.0963. The molecule has 0 aliphatic carbocycles. The van der Waals surface area contributed by atoms with Gasteiger partial charge in [0, 0.05) is 11.1 Å². The van der Waals surface area contributed by atoms with Crippen LogP contribution in [0.25, 0.3) is 0 Å². The fraction of sp³-hybridized carbons (Fsp3) is 0.222. The Bertz CT molecular complexity index is 1300. The zero-order valence-electron chi connectivity index (χ0n) is 19.4. The van der Waals surface area contributed by atoms with Gasteiger partial charge in [0.2, 0.25) is 5.95 Å². The summed E-state index contributed by atoms with van der Waals surface area (Å²) in [5, 5.41) is 4.52. The van der Waals surface area contributed by atoms with Crippen molar-refractivity contribution in [1.29, 1.82) is 0 Å². The first-order valence-electron chi connectivity index (χ1n) is 11.2. The van der Waals surface area contributed by atoms with Crippen LogP contribution in [0.4, 0.5) is 5.95 Å². The Morgan fingerprint density at radius 1 is 0.912 bits per heavy atom. The molecule has 0 spiro atoms. The molecule has 0 saturated carbocycles. The average molecular weight is 455 g/mol. The lowest BCUT2D eigenvalue weighted by atomic mass is 9.90. The van der Waals surface area contributed by atoms with Gasteiger partial charge in [-0.15, -0.1) is 0 Å². The molecule has 5 rings (SSSR count). The lowest BCUT2D eigenvalue weighted by Gasteiger charge is -2.39. The Labute approximate surface area is 198 Å². The van der Waals surface area contributed by atoms with E-state index >= 15 is 0 Å². The van der Waals surface area contributed by atoms with Crippen LogP contribution in [0, 0.1) is 6.92 Å². The molecule has 2 heterocycles. The van der Waals surface area contributed by atoms with Gasteiger partial charge in [0.05, 0.1) is 26.3 Å². The van der Waals surface area contributed by atoms with Crippen LogP contribution in [-0.2, 0) is 0 Å². The molecule has 1 aliphatic heterocycles. The van der Waals surface area contributed by atoms with Crippen LogP contribution in [-0.4, -0.2) is 34.9 Å². The standard InChI is InChI=1S/C27H26N4O3/c1-18-8-10-19(11-9-18)23-16-24(22-6-4-5-7-25(22)34-3)31-27(28-17-29-31)30(23)26(32)20-12-14-21(33-2)15-13-20/h4-15,17,23-24H,16H2,1-3H3/t23-,24+/m1/s1. The van der Waals surface area contributed by atoms with Crippen molar-refractivity contribution in [3.05, 3.63) is 101 Å². The SMILES string of the molecule is COc1ccc(C(=O)N2c3ncnn3[C@H](c3ccccc3OC)C[C@@H]2c2ccc(C)cc2)cc1. The molecule has 0 fully saturated rings. The molecule has 34 heavy (non-hydrogen) atoms. The first-order chi connectivity index (χ1) is 16.6. The van der Waals surface area contributed by atoms with Crippen molar-refractivity contribution in [2.24, 2.45) is 0 Å². The second kappa shape index (κ2) is 9.02. The number of fused-ring (bicyclic) bond motifs is 1. The summed E-state index contributed by atoms with van der Waals surface area (Å²) in [4.78, 5) is 20.1. The van der Waals surface area contributed by atoms with Gasteiger partial charge < -0.3 is 9.47 Å². The Hall–Kier alpha value is -4.13. The molecule has 3 aromatic carbocycles. The maximum Gasteiger partial charge on any atom is 0.261 e. The van der Waals surface area contributed by atoms with Crippen LogP contribution in [0.2, 0.25) is 0 Å². The van der Waals surface area contributed by atoms with E-state index < -0.39 is 0 Å². The number of aryl methyl sites for hydroxylation is 1. The Kier molecular flexibility index (Phi) is 5.76. The predicted octanol–water partition coefficient (Wildman–Crippen LogP) is 4.98. The van der Waals surface area contributed by atoms with E-state index in [1.54, 1.807) is 43.4 Å². The average Bonchev–Trinajstić information content (AvgIpc) is 3.38. The second-order valence-corrected chi connectivity index (χ2v) is 8.33. The molecule has 1 aromatic heterocycles. The molecule has 2 atom stereocenters. The van der Waals surface area contributed by atoms with Crippen molar-refractivity contribution in [1.82, 2.24) is 14.8 Å². The summed E-state index contributed by atoms with van der Waals surface area (Å²) in [6, 6.07) is 23.0. The van der Waals surface area contributed by atoms with Crippen molar-refractivity contribution in [2.75, 3.05) is 19.1 Å². The van der Waals surface area contributed by atoms with Gasteiger partial charge in [-0.05, 0) is 49.2 Å². The Balaban J connectivity index is 1.64. The largest absolute Gasteiger partial charge is 0.497 e. The highest BCUT2D eigenvalue weighted by molar-refractivity contribution is 6.06. The maximum atomic E-state index is 13.9. The smallest absolute Gasteiger partial charge is 0.261 e. The van der Waals surface area contributed by atoms with Crippen molar-refractivity contribution < 1.29 is 14.3 Å². The molecule has 4 aromatic rings. The highest BCUT2D eigenvalue weighted by Gasteiger charge is 2.40. The summed E-state index contributed by atoms with van der Waals surface area (Å²) in [5.74, 6) is 1.85. The molecule has 1 aliphatic rings. The van der Waals surface area contributed by atoms with Crippen LogP contribution in [0.15, 0.2) is 79.1 Å². The number of benzene rings is 3. The molecule has 0 radical (unpaired) electrons. The minimum Gasteiger partial charge on any atom is -0.497 e. The summed E-state index contributed by atoms with van der Waals surface area (Å²) in [7, 11) is 3.27. The van der Waals surface area contributed by atoms with E-state index in [-0.39, 0.29) is 18.0 Å². The zero-order chi connectivity index (χ0) is 23.7.